The first-order valence-electron chi connectivity index (χ1n) is 1.46. The van der Waals surface area contributed by atoms with Gasteiger partial charge < -0.3 is 0 Å². The lowest BCUT2D eigenvalue weighted by molar-refractivity contribution is 0.171. The van der Waals surface area contributed by atoms with E-state index in [0.717, 1.165) is 6.92 Å². The van der Waals surface area contributed by atoms with Gasteiger partial charge in [0.05, 0.1) is 0 Å². The molecule has 0 saturated carbocycles. The molecule has 44 valence electrons. The summed E-state index contributed by atoms with van der Waals surface area (Å²) in [6, 6.07) is 0. The first-order chi connectivity index (χ1) is 2.64. The van der Waals surface area contributed by atoms with Gasteiger partial charge in [-0.25, -0.2) is 4.39 Å². The molecule has 3 heteroatoms. The fourth-order valence-corrected chi connectivity index (χ4v) is 0. The van der Waals surface area contributed by atoms with Crippen LogP contribution in [0.25, 0.3) is 0 Å². The topological polar surface area (TPSA) is 0 Å². The van der Waals surface area contributed by atoms with E-state index in [1.54, 1.807) is 0 Å². The Morgan fingerprint density at radius 1 is 1.43 bits per heavy atom. The maximum absolute atomic E-state index is 11.0. The predicted octanol–water partition coefficient (Wildman–Crippen LogP) is 2.22. The van der Waals surface area contributed by atoms with Gasteiger partial charge in [0.2, 0.25) is 0 Å². The molecular formula is C4H7F3. The number of halogens is 3. The molecule has 0 fully saturated rings. The van der Waals surface area contributed by atoms with Crippen LogP contribution in [0, 0.1) is 13.9 Å². The van der Waals surface area contributed by atoms with E-state index in [1.165, 1.54) is 0 Å². The molecule has 0 aliphatic rings. The van der Waals surface area contributed by atoms with E-state index in [-0.39, 0.29) is 7.43 Å². The first-order valence-corrected chi connectivity index (χ1v) is 1.46. The largest absolute Gasteiger partial charge is 0.343 e. The zero-order valence-electron chi connectivity index (χ0n) is 4.21. The lowest BCUT2D eigenvalue weighted by Gasteiger charge is -1.90. The fourth-order valence-electron chi connectivity index (χ4n) is 0. The minimum atomic E-state index is -2.16. The van der Waals surface area contributed by atoms with Crippen LogP contribution >= 0.6 is 0 Å². The van der Waals surface area contributed by atoms with Crippen molar-refractivity contribution in [3.05, 3.63) is 13.9 Å². The molecule has 0 rings (SSSR count). The molecule has 0 aromatic carbocycles. The van der Waals surface area contributed by atoms with E-state index in [9.17, 15) is 13.2 Å². The zero-order valence-corrected chi connectivity index (χ0v) is 4.21. The van der Waals surface area contributed by atoms with Gasteiger partial charge in [0.25, 0.3) is 0 Å². The third-order valence-corrected chi connectivity index (χ3v) is 0.301. The monoisotopic (exact) mass is 112 g/mol. The number of hydrogen-bond acceptors (Lipinski definition) is 0. The normalized spacial score (nSPS) is 13.3. The Hall–Kier alpha value is -0.210. The highest BCUT2D eigenvalue weighted by molar-refractivity contribution is 4.66. The van der Waals surface area contributed by atoms with Gasteiger partial charge in [0, 0.05) is 0 Å². The quantitative estimate of drug-likeness (QED) is 0.488. The van der Waals surface area contributed by atoms with Gasteiger partial charge in [0.15, 0.2) is 6.17 Å². The van der Waals surface area contributed by atoms with E-state index in [2.05, 4.69) is 0 Å². The Balaban J connectivity index is 0. The summed E-state index contributed by atoms with van der Waals surface area (Å²) in [5.74, 6) is 0. The molecule has 7 heavy (non-hydrogen) atoms. The standard InChI is InChI=1S/C3H4F3.CH3/c1-2(4)3(5)6;/h2H,1H3;1H3. The molecule has 0 saturated heterocycles. The molecular weight excluding hydrogens is 105 g/mol. The minimum absolute atomic E-state index is 0. The van der Waals surface area contributed by atoms with Crippen LogP contribution in [0.15, 0.2) is 0 Å². The smallest absolute Gasteiger partial charge is 0.241 e. The van der Waals surface area contributed by atoms with Crippen LogP contribution in [-0.4, -0.2) is 6.17 Å². The summed E-state index contributed by atoms with van der Waals surface area (Å²) in [6.07, 6.45) is -4.22. The van der Waals surface area contributed by atoms with E-state index in [0.29, 0.717) is 0 Å². The molecule has 0 spiro atoms. The molecule has 0 nitrogen and oxygen atoms in total. The van der Waals surface area contributed by atoms with Crippen molar-refractivity contribution in [2.24, 2.45) is 0 Å². The van der Waals surface area contributed by atoms with Crippen LogP contribution in [0.2, 0.25) is 0 Å². The van der Waals surface area contributed by atoms with Crippen LogP contribution in [0.1, 0.15) is 6.92 Å². The summed E-state index contributed by atoms with van der Waals surface area (Å²) in [7, 11) is 0. The summed E-state index contributed by atoms with van der Waals surface area (Å²) in [5.41, 5.74) is 0. The van der Waals surface area contributed by atoms with Gasteiger partial charge in [-0.3, -0.25) is 0 Å². The van der Waals surface area contributed by atoms with Crippen LogP contribution in [-0.2, 0) is 0 Å². The molecule has 2 radical (unpaired) electrons. The SMILES string of the molecule is CC(F)[C](F)F.[CH3]. The van der Waals surface area contributed by atoms with Crippen molar-refractivity contribution >= 4 is 0 Å². The summed E-state index contributed by atoms with van der Waals surface area (Å²) in [5, 5.41) is 0. The van der Waals surface area contributed by atoms with Crippen molar-refractivity contribution in [2.75, 3.05) is 0 Å². The second-order valence-electron chi connectivity index (χ2n) is 0.906. The molecule has 0 aromatic heterocycles. The second kappa shape index (κ2) is 3.96. The maximum Gasteiger partial charge on any atom is 0.343 e. The highest BCUT2D eigenvalue weighted by atomic mass is 19.3. The van der Waals surface area contributed by atoms with Crippen molar-refractivity contribution < 1.29 is 13.2 Å². The Kier molecular flexibility index (Phi) is 5.62. The van der Waals surface area contributed by atoms with Crippen molar-refractivity contribution in [2.45, 2.75) is 13.1 Å². The van der Waals surface area contributed by atoms with Crippen molar-refractivity contribution in [3.8, 4) is 0 Å². The van der Waals surface area contributed by atoms with Crippen molar-refractivity contribution in [1.82, 2.24) is 0 Å². The average Bonchev–Trinajstić information content (AvgIpc) is 1.36. The summed E-state index contributed by atoms with van der Waals surface area (Å²) in [6.45, 7) is 0.787. The first kappa shape index (κ1) is 9.92. The van der Waals surface area contributed by atoms with Gasteiger partial charge in [-0.1, -0.05) is 7.43 Å². The molecule has 1 atom stereocenters. The van der Waals surface area contributed by atoms with Crippen LogP contribution in [0.3, 0.4) is 0 Å². The summed E-state index contributed by atoms with van der Waals surface area (Å²) in [4.78, 5) is 0. The Morgan fingerprint density at radius 2 is 1.57 bits per heavy atom. The van der Waals surface area contributed by atoms with Gasteiger partial charge >= 0.3 is 6.43 Å². The Bertz CT molecular complexity index is 27.9. The number of hydrogen-bond donors (Lipinski definition) is 0. The molecule has 0 aliphatic carbocycles. The molecule has 0 aliphatic heterocycles. The average molecular weight is 112 g/mol. The van der Waals surface area contributed by atoms with E-state index in [1.807, 2.05) is 0 Å². The van der Waals surface area contributed by atoms with E-state index < -0.39 is 12.6 Å². The summed E-state index contributed by atoms with van der Waals surface area (Å²) < 4.78 is 32.4. The highest BCUT2D eigenvalue weighted by Crippen LogP contribution is 2.10. The Labute approximate surface area is 41.3 Å². The zero-order chi connectivity index (χ0) is 5.15. The van der Waals surface area contributed by atoms with Gasteiger partial charge in [-0.15, -0.1) is 0 Å². The van der Waals surface area contributed by atoms with Gasteiger partial charge in [-0.2, -0.15) is 8.78 Å². The molecule has 0 amide bonds. The van der Waals surface area contributed by atoms with Crippen LogP contribution in [0.5, 0.6) is 0 Å². The van der Waals surface area contributed by atoms with E-state index in [4.69, 9.17) is 0 Å². The molecule has 0 bridgehead atoms. The lowest BCUT2D eigenvalue weighted by atomic mass is 10.5. The molecule has 0 heterocycles. The van der Waals surface area contributed by atoms with E-state index >= 15 is 0 Å². The second-order valence-corrected chi connectivity index (χ2v) is 0.906. The Morgan fingerprint density at radius 3 is 1.57 bits per heavy atom. The minimum Gasteiger partial charge on any atom is -0.241 e. The van der Waals surface area contributed by atoms with Crippen LogP contribution < -0.4 is 0 Å². The lowest BCUT2D eigenvalue weighted by Crippen LogP contribution is -1.95. The molecule has 0 N–H and O–H groups in total. The van der Waals surface area contributed by atoms with Gasteiger partial charge in [0.1, 0.15) is 0 Å². The third kappa shape index (κ3) is 5.79. The summed E-state index contributed by atoms with van der Waals surface area (Å²) >= 11 is 0. The third-order valence-electron chi connectivity index (χ3n) is 0.301. The predicted molar refractivity (Wildman–Crippen MR) is 22.4 cm³/mol. The number of rotatable bonds is 1. The molecule has 0 aromatic rings. The maximum atomic E-state index is 11.0. The van der Waals surface area contributed by atoms with Gasteiger partial charge in [-0.05, 0) is 6.92 Å². The van der Waals surface area contributed by atoms with Crippen LogP contribution in [0.4, 0.5) is 13.2 Å². The molecule has 1 unspecified atom stereocenters. The highest BCUT2D eigenvalue weighted by Gasteiger charge is 2.13. The van der Waals surface area contributed by atoms with Crippen molar-refractivity contribution in [1.29, 1.82) is 0 Å². The fraction of sp³-hybridized carbons (Fsp3) is 0.500. The van der Waals surface area contributed by atoms with Crippen molar-refractivity contribution in [3.63, 3.8) is 0 Å². The number of alkyl halides is 1.